The van der Waals surface area contributed by atoms with Crippen LogP contribution >= 0.6 is 23.2 Å². The van der Waals surface area contributed by atoms with Crippen molar-refractivity contribution in [3.8, 4) is 6.07 Å². The number of hydrogen-bond acceptors (Lipinski definition) is 4. The van der Waals surface area contributed by atoms with Gasteiger partial charge in [-0.3, -0.25) is 14.5 Å². The van der Waals surface area contributed by atoms with E-state index in [2.05, 4.69) is 16.7 Å². The standard InChI is InChI=1S/C17H20Cl2N4O2/c1-23(10-15(25)22-17(11-20)7-2-3-8-17)9-14(24)21-16-12(18)5-4-6-13(16)19/h4-6H,2-3,7-10H2,1H3,(H,21,24)(H,22,25). The van der Waals surface area contributed by atoms with E-state index in [4.69, 9.17) is 23.2 Å². The summed E-state index contributed by atoms with van der Waals surface area (Å²) >= 11 is 12.0. The molecule has 134 valence electrons. The highest BCUT2D eigenvalue weighted by Crippen LogP contribution is 2.30. The van der Waals surface area contributed by atoms with Crippen molar-refractivity contribution in [2.45, 2.75) is 31.2 Å². The predicted octanol–water partition coefficient (Wildman–Crippen LogP) is 2.82. The van der Waals surface area contributed by atoms with Crippen molar-refractivity contribution < 1.29 is 9.59 Å². The predicted molar refractivity (Wildman–Crippen MR) is 97.5 cm³/mol. The van der Waals surface area contributed by atoms with Crippen LogP contribution in [-0.4, -0.2) is 42.4 Å². The second-order valence-corrected chi connectivity index (χ2v) is 7.08. The molecule has 0 unspecified atom stereocenters. The molecule has 2 rings (SSSR count). The van der Waals surface area contributed by atoms with Gasteiger partial charge in [0.05, 0.1) is 34.9 Å². The number of nitrogens with one attached hydrogen (secondary N) is 2. The minimum Gasteiger partial charge on any atom is -0.337 e. The van der Waals surface area contributed by atoms with Gasteiger partial charge in [-0.25, -0.2) is 0 Å². The molecule has 2 amide bonds. The van der Waals surface area contributed by atoms with Crippen molar-refractivity contribution in [1.82, 2.24) is 10.2 Å². The summed E-state index contributed by atoms with van der Waals surface area (Å²) in [5.41, 5.74) is -0.409. The van der Waals surface area contributed by atoms with Crippen LogP contribution in [0.2, 0.25) is 10.0 Å². The molecule has 2 N–H and O–H groups in total. The molecule has 1 fully saturated rings. The molecular formula is C17H20Cl2N4O2. The van der Waals surface area contributed by atoms with Crippen LogP contribution < -0.4 is 10.6 Å². The van der Waals surface area contributed by atoms with E-state index in [1.165, 1.54) is 0 Å². The number of nitriles is 1. The van der Waals surface area contributed by atoms with E-state index in [9.17, 15) is 14.9 Å². The number of rotatable bonds is 6. The van der Waals surface area contributed by atoms with E-state index in [0.29, 0.717) is 28.6 Å². The molecular weight excluding hydrogens is 363 g/mol. The Bertz CT molecular complexity index is 676. The Hall–Kier alpha value is -1.81. The number of amides is 2. The maximum absolute atomic E-state index is 12.1. The maximum atomic E-state index is 12.1. The van der Waals surface area contributed by atoms with Crippen LogP contribution in [0, 0.1) is 11.3 Å². The summed E-state index contributed by atoms with van der Waals surface area (Å²) < 4.78 is 0. The quantitative estimate of drug-likeness (QED) is 0.791. The maximum Gasteiger partial charge on any atom is 0.238 e. The zero-order valence-corrected chi connectivity index (χ0v) is 15.5. The number of likely N-dealkylation sites (N-methyl/N-ethyl adjacent to an activating group) is 1. The Morgan fingerprint density at radius 1 is 1.20 bits per heavy atom. The third-order valence-electron chi connectivity index (χ3n) is 4.10. The monoisotopic (exact) mass is 382 g/mol. The third kappa shape index (κ3) is 5.33. The molecule has 1 aromatic carbocycles. The highest BCUT2D eigenvalue weighted by atomic mass is 35.5. The van der Waals surface area contributed by atoms with E-state index in [0.717, 1.165) is 12.8 Å². The SMILES string of the molecule is CN(CC(=O)Nc1c(Cl)cccc1Cl)CC(=O)NC1(C#N)CCCC1. The topological polar surface area (TPSA) is 85.2 Å². The molecule has 0 spiro atoms. The van der Waals surface area contributed by atoms with Gasteiger partial charge in [0.15, 0.2) is 0 Å². The molecule has 0 aromatic heterocycles. The molecule has 1 aliphatic rings. The average molecular weight is 383 g/mol. The molecule has 0 saturated heterocycles. The molecule has 0 bridgehead atoms. The van der Waals surface area contributed by atoms with Gasteiger partial charge in [0, 0.05) is 0 Å². The molecule has 0 aliphatic heterocycles. The van der Waals surface area contributed by atoms with E-state index in [1.54, 1.807) is 30.1 Å². The van der Waals surface area contributed by atoms with Crippen LogP contribution in [0.25, 0.3) is 0 Å². The summed E-state index contributed by atoms with van der Waals surface area (Å²) in [6.45, 7) is 0.0155. The lowest BCUT2D eigenvalue weighted by Gasteiger charge is -2.24. The van der Waals surface area contributed by atoms with Gasteiger partial charge in [0.25, 0.3) is 0 Å². The van der Waals surface area contributed by atoms with Crippen LogP contribution in [-0.2, 0) is 9.59 Å². The number of hydrogen-bond donors (Lipinski definition) is 2. The first-order valence-corrected chi connectivity index (χ1v) is 8.75. The number of nitrogens with zero attached hydrogens (tertiary/aromatic N) is 2. The first-order chi connectivity index (χ1) is 11.8. The second-order valence-electron chi connectivity index (χ2n) is 6.27. The first-order valence-electron chi connectivity index (χ1n) is 8.00. The number of anilines is 1. The summed E-state index contributed by atoms with van der Waals surface area (Å²) in [7, 11) is 1.65. The van der Waals surface area contributed by atoms with Gasteiger partial charge < -0.3 is 10.6 Å². The van der Waals surface area contributed by atoms with Crippen molar-refractivity contribution >= 4 is 40.7 Å². The molecule has 0 atom stereocenters. The molecule has 1 aliphatic carbocycles. The van der Waals surface area contributed by atoms with E-state index in [1.807, 2.05) is 0 Å². The summed E-state index contributed by atoms with van der Waals surface area (Å²) in [5.74, 6) is -0.601. The fourth-order valence-corrected chi connectivity index (χ4v) is 3.38. The van der Waals surface area contributed by atoms with Gasteiger partial charge in [-0.15, -0.1) is 0 Å². The molecule has 6 nitrogen and oxygen atoms in total. The summed E-state index contributed by atoms with van der Waals surface area (Å²) in [6.07, 6.45) is 3.21. The van der Waals surface area contributed by atoms with Crippen molar-refractivity contribution in [2.75, 3.05) is 25.5 Å². The van der Waals surface area contributed by atoms with Gasteiger partial charge in [-0.05, 0) is 44.9 Å². The van der Waals surface area contributed by atoms with E-state index in [-0.39, 0.29) is 24.9 Å². The molecule has 25 heavy (non-hydrogen) atoms. The third-order valence-corrected chi connectivity index (χ3v) is 4.73. The molecule has 0 heterocycles. The normalized spacial score (nSPS) is 15.6. The lowest BCUT2D eigenvalue weighted by molar-refractivity contribution is -0.124. The number of para-hydroxylation sites is 1. The largest absolute Gasteiger partial charge is 0.337 e. The lowest BCUT2D eigenvalue weighted by Crippen LogP contribution is -2.49. The Balaban J connectivity index is 1.85. The van der Waals surface area contributed by atoms with Gasteiger partial charge in [0.2, 0.25) is 11.8 Å². The summed E-state index contributed by atoms with van der Waals surface area (Å²) in [4.78, 5) is 25.8. The molecule has 1 saturated carbocycles. The van der Waals surface area contributed by atoms with Crippen molar-refractivity contribution in [3.63, 3.8) is 0 Å². The van der Waals surface area contributed by atoms with E-state index < -0.39 is 5.54 Å². The van der Waals surface area contributed by atoms with Crippen LogP contribution in [0.3, 0.4) is 0 Å². The second kappa shape index (κ2) is 8.52. The number of carbonyl (C=O) groups is 2. The minimum absolute atomic E-state index is 0.00543. The summed E-state index contributed by atoms with van der Waals surface area (Å²) in [5, 5.41) is 15.4. The van der Waals surface area contributed by atoms with Crippen LogP contribution in [0.5, 0.6) is 0 Å². The van der Waals surface area contributed by atoms with Gasteiger partial charge in [-0.1, -0.05) is 29.3 Å². The van der Waals surface area contributed by atoms with Crippen LogP contribution in [0.4, 0.5) is 5.69 Å². The van der Waals surface area contributed by atoms with Gasteiger partial charge in [0.1, 0.15) is 5.54 Å². The van der Waals surface area contributed by atoms with Gasteiger partial charge in [-0.2, -0.15) is 5.26 Å². The van der Waals surface area contributed by atoms with E-state index >= 15 is 0 Å². The number of carbonyl (C=O) groups excluding carboxylic acids is 2. The fraction of sp³-hybridized carbons (Fsp3) is 0.471. The Labute approximate surface area is 157 Å². The minimum atomic E-state index is -0.759. The lowest BCUT2D eigenvalue weighted by atomic mass is 10.00. The zero-order chi connectivity index (χ0) is 18.4. The summed E-state index contributed by atoms with van der Waals surface area (Å²) in [6, 6.07) is 7.15. The molecule has 8 heteroatoms. The highest BCUT2D eigenvalue weighted by Gasteiger charge is 2.35. The van der Waals surface area contributed by atoms with Gasteiger partial charge >= 0.3 is 0 Å². The van der Waals surface area contributed by atoms with Crippen molar-refractivity contribution in [2.24, 2.45) is 0 Å². The smallest absolute Gasteiger partial charge is 0.238 e. The van der Waals surface area contributed by atoms with Crippen LogP contribution in [0.1, 0.15) is 25.7 Å². The van der Waals surface area contributed by atoms with Crippen LogP contribution in [0.15, 0.2) is 18.2 Å². The Morgan fingerprint density at radius 2 is 1.76 bits per heavy atom. The Kier molecular flexibility index (Phi) is 6.65. The highest BCUT2D eigenvalue weighted by molar-refractivity contribution is 6.39. The zero-order valence-electron chi connectivity index (χ0n) is 13.9. The molecule has 0 radical (unpaired) electrons. The Morgan fingerprint density at radius 3 is 2.32 bits per heavy atom. The fourth-order valence-electron chi connectivity index (χ4n) is 2.89. The number of benzene rings is 1. The average Bonchev–Trinajstić information content (AvgIpc) is 2.99. The molecule has 1 aromatic rings. The number of halogens is 2. The van der Waals surface area contributed by atoms with Crippen molar-refractivity contribution in [3.05, 3.63) is 28.2 Å². The first kappa shape index (κ1) is 19.5. The van der Waals surface area contributed by atoms with Crippen molar-refractivity contribution in [1.29, 1.82) is 5.26 Å².